The molecule has 2 bridgehead atoms. The van der Waals surface area contributed by atoms with Gasteiger partial charge in [-0.25, -0.2) is 0 Å². The molecule has 3 heterocycles. The van der Waals surface area contributed by atoms with E-state index in [0.29, 0.717) is 11.6 Å². The van der Waals surface area contributed by atoms with Gasteiger partial charge < -0.3 is 9.80 Å². The fraction of sp³-hybridized carbons (Fsp3) is 0.500. The van der Waals surface area contributed by atoms with Gasteiger partial charge in [0.25, 0.3) is 5.91 Å². The van der Waals surface area contributed by atoms with Crippen LogP contribution in [0.4, 0.5) is 5.69 Å². The first-order valence-electron chi connectivity index (χ1n) is 6.78. The number of nitrogens with zero attached hydrogens (tertiary/aromatic N) is 2. The third-order valence-corrected chi connectivity index (χ3v) is 4.53. The molecular formula is C14H19ClN3O+. The summed E-state index contributed by atoms with van der Waals surface area (Å²) in [5.74, 6) is 0.109. The smallest absolute Gasteiger partial charge is 0.279 e. The molecule has 4 nitrogen and oxygen atoms in total. The molecule has 1 amide bonds. The van der Waals surface area contributed by atoms with Crippen LogP contribution in [0.1, 0.15) is 0 Å². The van der Waals surface area contributed by atoms with Gasteiger partial charge in [0.2, 0.25) is 0 Å². The number of amides is 1. The van der Waals surface area contributed by atoms with E-state index in [2.05, 4.69) is 10.2 Å². The molecule has 1 N–H and O–H groups in total. The summed E-state index contributed by atoms with van der Waals surface area (Å²) in [5, 5.41) is 3.65. The minimum atomic E-state index is 0.109. The molecule has 1 aromatic rings. The van der Waals surface area contributed by atoms with Crippen LogP contribution in [0.3, 0.4) is 0 Å². The Labute approximate surface area is 118 Å². The molecule has 3 saturated heterocycles. The van der Waals surface area contributed by atoms with Crippen LogP contribution in [0.2, 0.25) is 5.02 Å². The summed E-state index contributed by atoms with van der Waals surface area (Å²) < 4.78 is 0.954. The number of hydrogen-bond acceptors (Lipinski definition) is 2. The lowest BCUT2D eigenvalue weighted by molar-refractivity contribution is -0.933. The maximum absolute atomic E-state index is 12.2. The number of nitrogens with one attached hydrogen (secondary N) is 1. The number of benzene rings is 1. The Hall–Kier alpha value is -1.10. The summed E-state index contributed by atoms with van der Waals surface area (Å²) in [6.45, 7) is 7.31. The maximum Gasteiger partial charge on any atom is 0.279 e. The largest absolute Gasteiger partial charge is 0.321 e. The van der Waals surface area contributed by atoms with Gasteiger partial charge in [-0.2, -0.15) is 0 Å². The molecule has 0 aliphatic carbocycles. The lowest BCUT2D eigenvalue weighted by Crippen LogP contribution is -2.68. The monoisotopic (exact) mass is 280 g/mol. The maximum atomic E-state index is 12.2. The van der Waals surface area contributed by atoms with E-state index in [4.69, 9.17) is 11.6 Å². The third-order valence-electron chi connectivity index (χ3n) is 4.28. The minimum absolute atomic E-state index is 0.109. The van der Waals surface area contributed by atoms with Gasteiger partial charge in [-0.3, -0.25) is 9.69 Å². The van der Waals surface area contributed by atoms with Crippen LogP contribution < -0.4 is 5.32 Å². The second kappa shape index (κ2) is 5.12. The first-order valence-corrected chi connectivity index (χ1v) is 7.16. The van der Waals surface area contributed by atoms with Crippen LogP contribution >= 0.6 is 11.6 Å². The highest BCUT2D eigenvalue weighted by Gasteiger charge is 2.39. The Morgan fingerprint density at radius 1 is 1.16 bits per heavy atom. The van der Waals surface area contributed by atoms with Crippen LogP contribution in [0.25, 0.3) is 0 Å². The fourth-order valence-electron chi connectivity index (χ4n) is 3.01. The number of carbonyl (C=O) groups excluding carboxylic acids is 1. The Bertz CT molecular complexity index is 452. The Balaban J connectivity index is 1.60. The zero-order chi connectivity index (χ0) is 13.3. The molecule has 0 atom stereocenters. The van der Waals surface area contributed by atoms with Crippen molar-refractivity contribution in [2.24, 2.45) is 0 Å². The summed E-state index contributed by atoms with van der Waals surface area (Å²) in [7, 11) is 0. The van der Waals surface area contributed by atoms with Crippen molar-refractivity contribution in [3.8, 4) is 0 Å². The van der Waals surface area contributed by atoms with Crippen molar-refractivity contribution < 1.29 is 9.28 Å². The second-order valence-corrected chi connectivity index (χ2v) is 6.00. The third kappa shape index (κ3) is 2.91. The van der Waals surface area contributed by atoms with Gasteiger partial charge in [-0.05, 0) is 24.3 Å². The molecule has 0 aromatic heterocycles. The molecule has 0 radical (unpaired) electrons. The molecule has 3 aliphatic heterocycles. The van der Waals surface area contributed by atoms with Crippen molar-refractivity contribution in [1.29, 1.82) is 0 Å². The Morgan fingerprint density at radius 2 is 1.74 bits per heavy atom. The lowest BCUT2D eigenvalue weighted by Gasteiger charge is -2.50. The van der Waals surface area contributed by atoms with Crippen molar-refractivity contribution >= 4 is 23.2 Å². The van der Waals surface area contributed by atoms with Crippen molar-refractivity contribution in [1.82, 2.24) is 4.90 Å². The summed E-state index contributed by atoms with van der Waals surface area (Å²) in [6, 6.07) is 7.27. The highest BCUT2D eigenvalue weighted by atomic mass is 35.5. The molecule has 0 spiro atoms. The zero-order valence-corrected chi connectivity index (χ0v) is 11.7. The number of quaternary nitrogens is 1. The summed E-state index contributed by atoms with van der Waals surface area (Å²) in [5.41, 5.74) is 0.822. The predicted molar refractivity (Wildman–Crippen MR) is 76.3 cm³/mol. The van der Waals surface area contributed by atoms with Crippen LogP contribution in [-0.2, 0) is 4.79 Å². The SMILES string of the molecule is O=C(C[N+]12CCN(CC1)CC2)Nc1ccc(Cl)cc1. The number of anilines is 1. The van der Waals surface area contributed by atoms with E-state index in [9.17, 15) is 4.79 Å². The zero-order valence-electron chi connectivity index (χ0n) is 10.9. The summed E-state index contributed by atoms with van der Waals surface area (Å²) >= 11 is 5.83. The molecule has 0 saturated carbocycles. The molecule has 0 unspecified atom stereocenters. The van der Waals surface area contributed by atoms with Gasteiger partial charge >= 0.3 is 0 Å². The van der Waals surface area contributed by atoms with Gasteiger partial charge in [0.05, 0.1) is 19.6 Å². The van der Waals surface area contributed by atoms with Gasteiger partial charge in [0.15, 0.2) is 6.54 Å². The van der Waals surface area contributed by atoms with E-state index in [1.807, 2.05) is 12.1 Å². The highest BCUT2D eigenvalue weighted by molar-refractivity contribution is 6.30. The summed E-state index contributed by atoms with van der Waals surface area (Å²) in [4.78, 5) is 14.7. The number of carbonyl (C=O) groups is 1. The molecule has 3 fully saturated rings. The second-order valence-electron chi connectivity index (χ2n) is 5.57. The first-order chi connectivity index (χ1) is 9.15. The topological polar surface area (TPSA) is 32.3 Å². The van der Waals surface area contributed by atoms with E-state index in [1.165, 1.54) is 0 Å². The van der Waals surface area contributed by atoms with Gasteiger partial charge in [-0.15, -0.1) is 0 Å². The van der Waals surface area contributed by atoms with Gasteiger partial charge in [0.1, 0.15) is 0 Å². The van der Waals surface area contributed by atoms with E-state index < -0.39 is 0 Å². The number of fused-ring (bicyclic) bond motifs is 3. The molecule has 4 rings (SSSR count). The van der Waals surface area contributed by atoms with Crippen molar-refractivity contribution in [3.05, 3.63) is 29.3 Å². The number of halogens is 1. The molecule has 19 heavy (non-hydrogen) atoms. The molecule has 1 aromatic carbocycles. The van der Waals surface area contributed by atoms with Crippen LogP contribution in [-0.4, -0.2) is 61.1 Å². The minimum Gasteiger partial charge on any atom is -0.321 e. The highest BCUT2D eigenvalue weighted by Crippen LogP contribution is 2.20. The van der Waals surface area contributed by atoms with Crippen molar-refractivity contribution in [2.45, 2.75) is 0 Å². The van der Waals surface area contributed by atoms with E-state index in [-0.39, 0.29) is 5.91 Å². The predicted octanol–water partition coefficient (Wildman–Crippen LogP) is 1.42. The lowest BCUT2D eigenvalue weighted by atomic mass is 10.1. The molecule has 3 aliphatic rings. The fourth-order valence-corrected chi connectivity index (χ4v) is 3.13. The summed E-state index contributed by atoms with van der Waals surface area (Å²) in [6.07, 6.45) is 0. The van der Waals surface area contributed by atoms with Crippen LogP contribution in [0.15, 0.2) is 24.3 Å². The quantitative estimate of drug-likeness (QED) is 0.850. The molecule has 102 valence electrons. The van der Waals surface area contributed by atoms with Crippen molar-refractivity contribution in [2.75, 3.05) is 51.1 Å². The van der Waals surface area contributed by atoms with E-state index in [0.717, 1.165) is 49.4 Å². The number of rotatable bonds is 3. The number of piperazine rings is 3. The van der Waals surface area contributed by atoms with E-state index in [1.54, 1.807) is 12.1 Å². The Kier molecular flexibility index (Phi) is 3.48. The van der Waals surface area contributed by atoms with Gasteiger partial charge in [0, 0.05) is 30.3 Å². The van der Waals surface area contributed by atoms with Crippen molar-refractivity contribution in [3.63, 3.8) is 0 Å². The van der Waals surface area contributed by atoms with Crippen LogP contribution in [0.5, 0.6) is 0 Å². The van der Waals surface area contributed by atoms with E-state index >= 15 is 0 Å². The average Bonchev–Trinajstić information content (AvgIpc) is 2.43. The molecule has 5 heteroatoms. The average molecular weight is 281 g/mol. The Morgan fingerprint density at radius 3 is 2.32 bits per heavy atom. The number of hydrogen-bond donors (Lipinski definition) is 1. The standard InChI is InChI=1S/C14H18ClN3O/c15-12-1-3-13(4-2-12)16-14(19)11-18-8-5-17(6-9-18)7-10-18/h1-4H,5-11H2/p+1. The normalized spacial score (nSPS) is 29.2. The van der Waals surface area contributed by atoms with Gasteiger partial charge in [-0.1, -0.05) is 11.6 Å². The first kappa shape index (κ1) is 12.9. The molecular weight excluding hydrogens is 262 g/mol. The van der Waals surface area contributed by atoms with Crippen LogP contribution in [0, 0.1) is 0 Å².